The molecule has 0 bridgehead atoms. The fraction of sp³-hybridized carbons (Fsp3) is 0.529. The maximum atomic E-state index is 12.7. The van der Waals surface area contributed by atoms with Gasteiger partial charge in [0, 0.05) is 18.2 Å². The van der Waals surface area contributed by atoms with E-state index in [2.05, 4.69) is 22.0 Å². The van der Waals surface area contributed by atoms with E-state index in [9.17, 15) is 13.2 Å². The van der Waals surface area contributed by atoms with Crippen molar-refractivity contribution in [3.05, 3.63) is 29.8 Å². The Balaban J connectivity index is 1.75. The van der Waals surface area contributed by atoms with Crippen LogP contribution in [-0.2, 0) is 14.8 Å². The van der Waals surface area contributed by atoms with E-state index in [1.165, 1.54) is 0 Å². The van der Waals surface area contributed by atoms with E-state index >= 15 is 0 Å². The number of nitrogens with one attached hydrogen (secondary N) is 2. The molecule has 136 valence electrons. The normalized spacial score (nSPS) is 20.9. The number of rotatable bonds is 5. The van der Waals surface area contributed by atoms with Gasteiger partial charge in [-0.3, -0.25) is 14.5 Å². The van der Waals surface area contributed by atoms with Crippen LogP contribution in [0, 0.1) is 0 Å². The Labute approximate surface area is 148 Å². The van der Waals surface area contributed by atoms with Crippen LogP contribution < -0.4 is 10.0 Å². The first-order valence-corrected chi connectivity index (χ1v) is 10.2. The fourth-order valence-corrected chi connectivity index (χ4v) is 4.61. The summed E-state index contributed by atoms with van der Waals surface area (Å²) in [6.45, 7) is 4.54. The number of fused-ring (bicyclic) bond motifs is 1. The zero-order valence-electron chi connectivity index (χ0n) is 14.4. The second-order valence-electron chi connectivity index (χ2n) is 6.33. The smallest absolute Gasteiger partial charge is 0.263 e. The molecule has 0 aromatic heterocycles. The minimum atomic E-state index is -3.57. The molecule has 0 atom stereocenters. The quantitative estimate of drug-likeness (QED) is 0.805. The van der Waals surface area contributed by atoms with Crippen molar-refractivity contribution < 1.29 is 13.2 Å². The Bertz CT molecular complexity index is 770. The summed E-state index contributed by atoms with van der Waals surface area (Å²) in [5.74, 6) is 0.204. The summed E-state index contributed by atoms with van der Waals surface area (Å²) < 4.78 is 26.6. The first-order valence-electron chi connectivity index (χ1n) is 8.70. The van der Waals surface area contributed by atoms with Crippen LogP contribution >= 0.6 is 0 Å². The monoisotopic (exact) mass is 364 g/mol. The number of amidine groups is 1. The molecule has 2 aliphatic rings. The van der Waals surface area contributed by atoms with Crippen molar-refractivity contribution in [3.8, 4) is 0 Å². The first-order chi connectivity index (χ1) is 12.0. The van der Waals surface area contributed by atoms with Gasteiger partial charge in [-0.15, -0.1) is 0 Å². The van der Waals surface area contributed by atoms with Gasteiger partial charge in [-0.25, -0.2) is 8.42 Å². The zero-order valence-corrected chi connectivity index (χ0v) is 15.2. The van der Waals surface area contributed by atoms with Crippen molar-refractivity contribution in [2.24, 2.45) is 4.99 Å². The van der Waals surface area contributed by atoms with E-state index in [4.69, 9.17) is 0 Å². The molecule has 1 amide bonds. The Hall–Kier alpha value is -1.93. The van der Waals surface area contributed by atoms with Gasteiger partial charge in [0.15, 0.2) is 0 Å². The highest BCUT2D eigenvalue weighted by Crippen LogP contribution is 2.22. The molecule has 1 aromatic carbocycles. The minimum Gasteiger partial charge on any atom is -0.338 e. The van der Waals surface area contributed by atoms with E-state index < -0.39 is 10.0 Å². The van der Waals surface area contributed by atoms with Crippen LogP contribution in [0.3, 0.4) is 0 Å². The van der Waals surface area contributed by atoms with Crippen LogP contribution in [0.2, 0.25) is 0 Å². The predicted octanol–water partition coefficient (Wildman–Crippen LogP) is 0.716. The third-order valence-corrected chi connectivity index (χ3v) is 5.97. The van der Waals surface area contributed by atoms with Gasteiger partial charge >= 0.3 is 0 Å². The number of carbonyl (C=O) groups is 1. The van der Waals surface area contributed by atoms with Crippen molar-refractivity contribution in [2.75, 3.05) is 26.2 Å². The first kappa shape index (κ1) is 17.9. The highest BCUT2D eigenvalue weighted by atomic mass is 32.2. The summed E-state index contributed by atoms with van der Waals surface area (Å²) >= 11 is 0. The number of hydrogen-bond donors (Lipinski definition) is 2. The predicted molar refractivity (Wildman–Crippen MR) is 96.1 cm³/mol. The summed E-state index contributed by atoms with van der Waals surface area (Å²) in [6, 6.07) is 6.91. The largest absolute Gasteiger partial charge is 0.338 e. The molecule has 1 saturated heterocycles. The zero-order chi connectivity index (χ0) is 17.9. The van der Waals surface area contributed by atoms with E-state index in [1.807, 2.05) is 4.90 Å². The minimum absolute atomic E-state index is 0.0455. The van der Waals surface area contributed by atoms with Gasteiger partial charge in [-0.1, -0.05) is 19.1 Å². The highest BCUT2D eigenvalue weighted by Gasteiger charge is 2.31. The van der Waals surface area contributed by atoms with E-state index in [-0.39, 0.29) is 29.2 Å². The average Bonchev–Trinajstić information content (AvgIpc) is 2.89. The molecule has 2 aliphatic heterocycles. The summed E-state index contributed by atoms with van der Waals surface area (Å²) in [6.07, 6.45) is 2.78. The molecular weight excluding hydrogens is 340 g/mol. The van der Waals surface area contributed by atoms with Crippen LogP contribution in [-0.4, -0.2) is 57.3 Å². The molecule has 0 unspecified atom stereocenters. The van der Waals surface area contributed by atoms with Crippen LogP contribution in [0.15, 0.2) is 34.2 Å². The molecule has 0 radical (unpaired) electrons. The van der Waals surface area contributed by atoms with Crippen molar-refractivity contribution >= 4 is 21.8 Å². The van der Waals surface area contributed by atoms with Crippen molar-refractivity contribution in [1.29, 1.82) is 0 Å². The molecule has 7 nitrogen and oxygen atoms in total. The van der Waals surface area contributed by atoms with Crippen LogP contribution in [0.5, 0.6) is 0 Å². The number of sulfonamides is 1. The molecule has 8 heteroatoms. The Morgan fingerprint density at radius 2 is 2.00 bits per heavy atom. The summed E-state index contributed by atoms with van der Waals surface area (Å²) in [7, 11) is -3.57. The van der Waals surface area contributed by atoms with Gasteiger partial charge in [0.1, 0.15) is 12.4 Å². The molecule has 0 saturated carbocycles. The van der Waals surface area contributed by atoms with Gasteiger partial charge in [0.05, 0.1) is 4.90 Å². The van der Waals surface area contributed by atoms with E-state index in [0.29, 0.717) is 12.1 Å². The molecule has 1 aromatic rings. The second-order valence-corrected chi connectivity index (χ2v) is 7.99. The topological polar surface area (TPSA) is 90.9 Å². The number of piperidine rings is 1. The Morgan fingerprint density at radius 3 is 2.72 bits per heavy atom. The molecule has 0 aliphatic carbocycles. The number of nitrogens with zero attached hydrogens (tertiary/aromatic N) is 2. The average molecular weight is 364 g/mol. The van der Waals surface area contributed by atoms with Crippen LogP contribution in [0.25, 0.3) is 0 Å². The SMILES string of the molecule is CCCN(C(=O)CN=C1NS(=O)(=O)c2ccccc21)C1CCNCC1. The number of aliphatic imine (C=N–C) groups is 1. The molecule has 2 N–H and O–H groups in total. The number of amides is 1. The summed E-state index contributed by atoms with van der Waals surface area (Å²) in [5, 5.41) is 3.31. The van der Waals surface area contributed by atoms with Gasteiger partial charge in [-0.2, -0.15) is 0 Å². The Morgan fingerprint density at radius 1 is 1.28 bits per heavy atom. The molecule has 25 heavy (non-hydrogen) atoms. The Kier molecular flexibility index (Phi) is 5.39. The molecule has 1 fully saturated rings. The second kappa shape index (κ2) is 7.53. The number of carbonyl (C=O) groups excluding carboxylic acids is 1. The molecule has 3 rings (SSSR count). The van der Waals surface area contributed by atoms with Crippen molar-refractivity contribution in [1.82, 2.24) is 14.9 Å². The molecule has 2 heterocycles. The number of hydrogen-bond acceptors (Lipinski definition) is 5. The summed E-state index contributed by atoms with van der Waals surface area (Å²) in [4.78, 5) is 19.1. The standard InChI is InChI=1S/C17H24N4O3S/c1-2-11-21(13-7-9-18-10-8-13)16(22)12-19-17-14-5-3-4-6-15(14)25(23,24)20-17/h3-6,13,18H,2,7-12H2,1H3,(H,19,20). The van der Waals surface area contributed by atoms with Gasteiger partial charge in [0.25, 0.3) is 10.0 Å². The summed E-state index contributed by atoms with van der Waals surface area (Å²) in [5.41, 5.74) is 0.527. The maximum Gasteiger partial charge on any atom is 0.263 e. The molecule has 0 spiro atoms. The van der Waals surface area contributed by atoms with E-state index in [1.54, 1.807) is 24.3 Å². The highest BCUT2D eigenvalue weighted by molar-refractivity contribution is 7.90. The van der Waals surface area contributed by atoms with Crippen molar-refractivity contribution in [2.45, 2.75) is 37.1 Å². The van der Waals surface area contributed by atoms with Crippen molar-refractivity contribution in [3.63, 3.8) is 0 Å². The van der Waals surface area contributed by atoms with E-state index in [0.717, 1.165) is 32.4 Å². The third-order valence-electron chi connectivity index (χ3n) is 4.57. The third kappa shape index (κ3) is 3.85. The van der Waals surface area contributed by atoms with Gasteiger partial charge < -0.3 is 10.2 Å². The van der Waals surface area contributed by atoms with Gasteiger partial charge in [-0.05, 0) is 44.5 Å². The van der Waals surface area contributed by atoms with Gasteiger partial charge in [0.2, 0.25) is 5.91 Å². The fourth-order valence-electron chi connectivity index (χ4n) is 3.36. The lowest BCUT2D eigenvalue weighted by molar-refractivity contribution is -0.132. The molecular formula is C17H24N4O3S. The van der Waals surface area contributed by atoms with Crippen LogP contribution in [0.4, 0.5) is 0 Å². The maximum absolute atomic E-state index is 12.7. The number of benzene rings is 1. The lowest BCUT2D eigenvalue weighted by atomic mass is 10.0. The van der Waals surface area contributed by atoms with Crippen LogP contribution in [0.1, 0.15) is 31.7 Å². The lowest BCUT2D eigenvalue weighted by Crippen LogP contribution is -2.47. The lowest BCUT2D eigenvalue weighted by Gasteiger charge is -2.34.